The maximum atomic E-state index is 12.3. The fourth-order valence-electron chi connectivity index (χ4n) is 1.88. The third kappa shape index (κ3) is 4.21. The molecule has 1 aromatic carbocycles. The summed E-state index contributed by atoms with van der Waals surface area (Å²) in [6, 6.07) is 7.89. The van der Waals surface area contributed by atoms with Crippen LogP contribution in [0.4, 0.5) is 5.69 Å². The van der Waals surface area contributed by atoms with Gasteiger partial charge in [-0.05, 0) is 31.0 Å². The van der Waals surface area contributed by atoms with Gasteiger partial charge in [0.15, 0.2) is 5.16 Å². The van der Waals surface area contributed by atoms with Crippen molar-refractivity contribution in [3.63, 3.8) is 0 Å². The minimum absolute atomic E-state index is 0.0533. The van der Waals surface area contributed by atoms with Gasteiger partial charge in [0.25, 0.3) is 0 Å². The Bertz CT molecular complexity index is 636. The van der Waals surface area contributed by atoms with Crippen LogP contribution in [0.15, 0.2) is 48.4 Å². The van der Waals surface area contributed by atoms with Crippen molar-refractivity contribution >= 4 is 23.4 Å². The number of aryl methyl sites for hydroxylation is 1. The van der Waals surface area contributed by atoms with Crippen LogP contribution in [0.2, 0.25) is 0 Å². The van der Waals surface area contributed by atoms with E-state index in [-0.39, 0.29) is 11.2 Å². The standard InChI is InChI=1S/C16H20N4OS/c1-4-10-20-11-17-19-16(20)22-12(3)15(21)18-14-8-6-13(5-2)7-9-14/h4,6-9,11-12H,1,5,10H2,2-3H3,(H,18,21)/t12-/m0/s1. The molecule has 5 nitrogen and oxygen atoms in total. The summed E-state index contributed by atoms with van der Waals surface area (Å²) in [5.74, 6) is -0.0533. The van der Waals surface area contributed by atoms with E-state index in [0.717, 1.165) is 12.1 Å². The zero-order valence-corrected chi connectivity index (χ0v) is 13.6. The van der Waals surface area contributed by atoms with E-state index in [4.69, 9.17) is 0 Å². The molecule has 2 rings (SSSR count). The molecule has 22 heavy (non-hydrogen) atoms. The molecule has 0 aliphatic heterocycles. The third-order valence-corrected chi connectivity index (χ3v) is 4.28. The van der Waals surface area contributed by atoms with Gasteiger partial charge in [0.2, 0.25) is 5.91 Å². The first kappa shape index (κ1) is 16.3. The molecule has 0 saturated carbocycles. The highest BCUT2D eigenvalue weighted by Crippen LogP contribution is 2.22. The molecule has 1 amide bonds. The second-order valence-corrected chi connectivity index (χ2v) is 6.16. The van der Waals surface area contributed by atoms with Gasteiger partial charge in [-0.2, -0.15) is 0 Å². The Morgan fingerprint density at radius 1 is 1.45 bits per heavy atom. The van der Waals surface area contributed by atoms with Crippen LogP contribution in [0.5, 0.6) is 0 Å². The quantitative estimate of drug-likeness (QED) is 0.630. The molecule has 116 valence electrons. The van der Waals surface area contributed by atoms with Crippen LogP contribution in [-0.2, 0) is 17.8 Å². The van der Waals surface area contributed by atoms with Crippen molar-refractivity contribution in [2.24, 2.45) is 0 Å². The average molecular weight is 316 g/mol. The van der Waals surface area contributed by atoms with Crippen molar-refractivity contribution in [1.29, 1.82) is 0 Å². The summed E-state index contributed by atoms with van der Waals surface area (Å²) in [5, 5.41) is 11.3. The lowest BCUT2D eigenvalue weighted by atomic mass is 10.1. The van der Waals surface area contributed by atoms with Crippen molar-refractivity contribution < 1.29 is 4.79 Å². The molecule has 1 heterocycles. The van der Waals surface area contributed by atoms with Gasteiger partial charge >= 0.3 is 0 Å². The van der Waals surface area contributed by atoms with Gasteiger partial charge in [0.1, 0.15) is 6.33 Å². The maximum Gasteiger partial charge on any atom is 0.237 e. The molecule has 1 aromatic heterocycles. The first-order valence-corrected chi connectivity index (χ1v) is 8.07. The van der Waals surface area contributed by atoms with Crippen LogP contribution in [0, 0.1) is 0 Å². The smallest absolute Gasteiger partial charge is 0.237 e. The predicted molar refractivity (Wildman–Crippen MR) is 90.0 cm³/mol. The summed E-state index contributed by atoms with van der Waals surface area (Å²) in [7, 11) is 0. The first-order valence-electron chi connectivity index (χ1n) is 7.19. The number of allylic oxidation sites excluding steroid dienone is 1. The average Bonchev–Trinajstić information content (AvgIpc) is 2.95. The molecular formula is C16H20N4OS. The van der Waals surface area contributed by atoms with Gasteiger partial charge in [-0.3, -0.25) is 4.79 Å². The second-order valence-electron chi connectivity index (χ2n) is 4.85. The molecule has 0 spiro atoms. The SMILES string of the molecule is C=CCn1cnnc1S[C@@H](C)C(=O)Nc1ccc(CC)cc1. The molecule has 0 saturated heterocycles. The Hall–Kier alpha value is -2.08. The molecule has 0 radical (unpaired) electrons. The van der Waals surface area contributed by atoms with E-state index in [9.17, 15) is 4.79 Å². The first-order chi connectivity index (χ1) is 10.6. The minimum Gasteiger partial charge on any atom is -0.325 e. The van der Waals surface area contributed by atoms with Crippen molar-refractivity contribution in [2.75, 3.05) is 5.32 Å². The molecule has 0 bridgehead atoms. The summed E-state index contributed by atoms with van der Waals surface area (Å²) < 4.78 is 1.86. The number of thioether (sulfide) groups is 1. The second kappa shape index (κ2) is 7.79. The number of carbonyl (C=O) groups excluding carboxylic acids is 1. The normalized spacial score (nSPS) is 11.9. The molecule has 6 heteroatoms. The molecule has 0 fully saturated rings. The number of rotatable bonds is 7. The van der Waals surface area contributed by atoms with Crippen molar-refractivity contribution in [3.8, 4) is 0 Å². The van der Waals surface area contributed by atoms with E-state index in [1.807, 2.05) is 35.8 Å². The number of aromatic nitrogens is 3. The number of nitrogens with one attached hydrogen (secondary N) is 1. The zero-order chi connectivity index (χ0) is 15.9. The topological polar surface area (TPSA) is 59.8 Å². The third-order valence-electron chi connectivity index (χ3n) is 3.19. The number of carbonyl (C=O) groups is 1. The molecule has 2 aromatic rings. The van der Waals surface area contributed by atoms with E-state index in [1.54, 1.807) is 12.4 Å². The number of anilines is 1. The van der Waals surface area contributed by atoms with Gasteiger partial charge in [-0.15, -0.1) is 16.8 Å². The summed E-state index contributed by atoms with van der Waals surface area (Å²) in [6.45, 7) is 8.28. The summed E-state index contributed by atoms with van der Waals surface area (Å²) in [4.78, 5) is 12.3. The van der Waals surface area contributed by atoms with E-state index in [0.29, 0.717) is 11.7 Å². The van der Waals surface area contributed by atoms with Gasteiger partial charge in [-0.25, -0.2) is 0 Å². The molecule has 0 aliphatic rings. The van der Waals surface area contributed by atoms with Gasteiger partial charge in [-0.1, -0.05) is 36.9 Å². The van der Waals surface area contributed by atoms with E-state index in [1.165, 1.54) is 17.3 Å². The Balaban J connectivity index is 1.96. The number of hydrogen-bond acceptors (Lipinski definition) is 4. The van der Waals surface area contributed by atoms with Gasteiger partial charge in [0, 0.05) is 12.2 Å². The predicted octanol–water partition coefficient (Wildman–Crippen LogP) is 3.15. The van der Waals surface area contributed by atoms with Gasteiger partial charge in [0.05, 0.1) is 5.25 Å². The molecule has 1 N–H and O–H groups in total. The fraction of sp³-hybridized carbons (Fsp3) is 0.312. The van der Waals surface area contributed by atoms with E-state index < -0.39 is 0 Å². The van der Waals surface area contributed by atoms with Crippen LogP contribution >= 0.6 is 11.8 Å². The highest BCUT2D eigenvalue weighted by atomic mass is 32.2. The lowest BCUT2D eigenvalue weighted by Gasteiger charge is -2.12. The van der Waals surface area contributed by atoms with Crippen molar-refractivity contribution in [2.45, 2.75) is 37.2 Å². The van der Waals surface area contributed by atoms with Crippen LogP contribution in [0.25, 0.3) is 0 Å². The lowest BCUT2D eigenvalue weighted by Crippen LogP contribution is -2.22. The Kier molecular flexibility index (Phi) is 5.77. The zero-order valence-electron chi connectivity index (χ0n) is 12.8. The number of nitrogens with zero attached hydrogens (tertiary/aromatic N) is 3. The van der Waals surface area contributed by atoms with Crippen molar-refractivity contribution in [3.05, 3.63) is 48.8 Å². The Labute approximate surface area is 134 Å². The largest absolute Gasteiger partial charge is 0.325 e. The van der Waals surface area contributed by atoms with E-state index >= 15 is 0 Å². The summed E-state index contributed by atoms with van der Waals surface area (Å²) >= 11 is 1.38. The highest BCUT2D eigenvalue weighted by Gasteiger charge is 2.17. The number of amides is 1. The van der Waals surface area contributed by atoms with Crippen LogP contribution in [-0.4, -0.2) is 25.9 Å². The monoisotopic (exact) mass is 316 g/mol. The highest BCUT2D eigenvalue weighted by molar-refractivity contribution is 8.00. The molecule has 0 unspecified atom stereocenters. The Morgan fingerprint density at radius 3 is 2.82 bits per heavy atom. The number of hydrogen-bond donors (Lipinski definition) is 1. The molecular weight excluding hydrogens is 296 g/mol. The minimum atomic E-state index is -0.265. The maximum absolute atomic E-state index is 12.3. The fourth-order valence-corrected chi connectivity index (χ4v) is 2.71. The van der Waals surface area contributed by atoms with Crippen molar-refractivity contribution in [1.82, 2.24) is 14.8 Å². The van der Waals surface area contributed by atoms with Gasteiger partial charge < -0.3 is 9.88 Å². The van der Waals surface area contributed by atoms with Crippen LogP contribution in [0.1, 0.15) is 19.4 Å². The van der Waals surface area contributed by atoms with Crippen LogP contribution < -0.4 is 5.32 Å². The van der Waals surface area contributed by atoms with E-state index in [2.05, 4.69) is 29.0 Å². The number of benzene rings is 1. The Morgan fingerprint density at radius 2 is 2.18 bits per heavy atom. The summed E-state index contributed by atoms with van der Waals surface area (Å²) in [6.07, 6.45) is 4.39. The van der Waals surface area contributed by atoms with Crippen LogP contribution in [0.3, 0.4) is 0 Å². The lowest BCUT2D eigenvalue weighted by molar-refractivity contribution is -0.115. The molecule has 0 aliphatic carbocycles. The molecule has 1 atom stereocenters. The summed E-state index contributed by atoms with van der Waals surface area (Å²) in [5.41, 5.74) is 2.06.